The second-order valence-electron chi connectivity index (χ2n) is 5.42. The van der Waals surface area contributed by atoms with E-state index in [2.05, 4.69) is 11.8 Å². The molecule has 1 fully saturated rings. The zero-order valence-electron chi connectivity index (χ0n) is 11.8. The van der Waals surface area contributed by atoms with Crippen molar-refractivity contribution >= 4 is 11.6 Å². The number of benzene rings is 1. The minimum absolute atomic E-state index is 0.263. The highest BCUT2D eigenvalue weighted by Gasteiger charge is 2.23. The zero-order valence-corrected chi connectivity index (χ0v) is 11.8. The van der Waals surface area contributed by atoms with Crippen molar-refractivity contribution in [2.45, 2.75) is 51.5 Å². The van der Waals surface area contributed by atoms with E-state index in [1.54, 1.807) is 0 Å². The maximum Gasteiger partial charge on any atom is 0.227 e. The van der Waals surface area contributed by atoms with Crippen LogP contribution in [0.5, 0.6) is 0 Å². The van der Waals surface area contributed by atoms with Gasteiger partial charge in [0, 0.05) is 18.3 Å². The van der Waals surface area contributed by atoms with Crippen molar-refractivity contribution < 1.29 is 4.79 Å². The molecule has 0 spiro atoms. The Morgan fingerprint density at radius 1 is 1.26 bits per heavy atom. The smallest absolute Gasteiger partial charge is 0.227 e. The van der Waals surface area contributed by atoms with Crippen molar-refractivity contribution in [2.24, 2.45) is 0 Å². The molecule has 3 nitrogen and oxygen atoms in total. The quantitative estimate of drug-likeness (QED) is 0.849. The molecule has 1 amide bonds. The molecule has 1 atom stereocenters. The molecule has 1 heterocycles. The Morgan fingerprint density at radius 3 is 2.68 bits per heavy atom. The second kappa shape index (κ2) is 6.60. The molecule has 1 aromatic rings. The highest BCUT2D eigenvalue weighted by molar-refractivity contribution is 5.79. The van der Waals surface area contributed by atoms with Gasteiger partial charge in [-0.1, -0.05) is 31.9 Å². The van der Waals surface area contributed by atoms with Crippen molar-refractivity contribution in [3.05, 3.63) is 29.8 Å². The fraction of sp³-hybridized carbons (Fsp3) is 0.562. The van der Waals surface area contributed by atoms with Gasteiger partial charge in [0.05, 0.1) is 6.42 Å². The second-order valence-corrected chi connectivity index (χ2v) is 5.42. The van der Waals surface area contributed by atoms with Gasteiger partial charge in [-0.05, 0) is 37.0 Å². The average molecular weight is 260 g/mol. The van der Waals surface area contributed by atoms with Crippen LogP contribution in [0.4, 0.5) is 5.69 Å². The first-order valence-electron chi connectivity index (χ1n) is 7.34. The van der Waals surface area contributed by atoms with Gasteiger partial charge in [-0.3, -0.25) is 4.79 Å². The zero-order chi connectivity index (χ0) is 13.7. The maximum absolute atomic E-state index is 12.5. The largest absolute Gasteiger partial charge is 0.399 e. The van der Waals surface area contributed by atoms with E-state index < -0.39 is 0 Å². The number of hydrogen-bond donors (Lipinski definition) is 1. The maximum atomic E-state index is 12.5. The number of anilines is 1. The number of carbonyl (C=O) groups excluding carboxylic acids is 1. The van der Waals surface area contributed by atoms with E-state index >= 15 is 0 Å². The predicted molar refractivity (Wildman–Crippen MR) is 78.8 cm³/mol. The first-order chi connectivity index (χ1) is 9.20. The van der Waals surface area contributed by atoms with Gasteiger partial charge >= 0.3 is 0 Å². The topological polar surface area (TPSA) is 46.3 Å². The van der Waals surface area contributed by atoms with Gasteiger partial charge in [0.2, 0.25) is 5.91 Å². The third-order valence-corrected chi connectivity index (χ3v) is 4.00. The van der Waals surface area contributed by atoms with Gasteiger partial charge in [0.15, 0.2) is 0 Å². The first-order valence-corrected chi connectivity index (χ1v) is 7.34. The van der Waals surface area contributed by atoms with Crippen LogP contribution in [0, 0.1) is 0 Å². The molecule has 1 aromatic carbocycles. The lowest BCUT2D eigenvalue weighted by atomic mass is 10.1. The van der Waals surface area contributed by atoms with Gasteiger partial charge in [-0.15, -0.1) is 0 Å². The van der Waals surface area contributed by atoms with Crippen molar-refractivity contribution in [1.82, 2.24) is 4.90 Å². The van der Waals surface area contributed by atoms with Crippen LogP contribution in [0.1, 0.15) is 44.6 Å². The number of hydrogen-bond acceptors (Lipinski definition) is 2. The fourth-order valence-electron chi connectivity index (χ4n) is 2.84. The summed E-state index contributed by atoms with van der Waals surface area (Å²) in [5, 5.41) is 0. The molecule has 2 N–H and O–H groups in total. The molecule has 1 aliphatic heterocycles. The summed E-state index contributed by atoms with van der Waals surface area (Å²) in [6.45, 7) is 3.10. The number of nitrogens with two attached hydrogens (primary N) is 1. The summed E-state index contributed by atoms with van der Waals surface area (Å²) in [6, 6.07) is 8.06. The third kappa shape index (κ3) is 3.72. The number of nitrogens with zero attached hydrogens (tertiary/aromatic N) is 1. The lowest BCUT2D eigenvalue weighted by molar-refractivity contribution is -0.132. The number of amides is 1. The van der Waals surface area contributed by atoms with Crippen LogP contribution in [0.25, 0.3) is 0 Å². The highest BCUT2D eigenvalue weighted by atomic mass is 16.2. The van der Waals surface area contributed by atoms with Crippen LogP contribution in [-0.2, 0) is 11.2 Å². The Bertz CT molecular complexity index is 413. The molecule has 3 heteroatoms. The number of likely N-dealkylation sites (tertiary alicyclic amines) is 1. The van der Waals surface area contributed by atoms with E-state index in [-0.39, 0.29) is 5.91 Å². The normalized spacial score (nSPS) is 20.1. The van der Waals surface area contributed by atoms with Gasteiger partial charge in [-0.25, -0.2) is 0 Å². The van der Waals surface area contributed by atoms with E-state index in [1.165, 1.54) is 12.8 Å². The number of carbonyl (C=O) groups is 1. The summed E-state index contributed by atoms with van der Waals surface area (Å²) >= 11 is 0. The van der Waals surface area contributed by atoms with Crippen LogP contribution in [0.3, 0.4) is 0 Å². The van der Waals surface area contributed by atoms with Crippen LogP contribution in [0.15, 0.2) is 24.3 Å². The van der Waals surface area contributed by atoms with Crippen molar-refractivity contribution in [3.63, 3.8) is 0 Å². The molecular weight excluding hydrogens is 236 g/mol. The Morgan fingerprint density at radius 2 is 2.00 bits per heavy atom. The molecule has 0 bridgehead atoms. The summed E-state index contributed by atoms with van der Waals surface area (Å²) in [6.07, 6.45) is 6.37. The summed E-state index contributed by atoms with van der Waals surface area (Å²) < 4.78 is 0. The summed E-state index contributed by atoms with van der Waals surface area (Å²) in [7, 11) is 0. The molecule has 1 saturated heterocycles. The van der Waals surface area contributed by atoms with Gasteiger partial charge in [0.25, 0.3) is 0 Å². The van der Waals surface area contributed by atoms with Crippen LogP contribution >= 0.6 is 0 Å². The van der Waals surface area contributed by atoms with Crippen LogP contribution < -0.4 is 5.73 Å². The fourth-order valence-corrected chi connectivity index (χ4v) is 2.84. The molecule has 1 unspecified atom stereocenters. The third-order valence-electron chi connectivity index (χ3n) is 4.00. The Balaban J connectivity index is 2.02. The van der Waals surface area contributed by atoms with Crippen molar-refractivity contribution in [2.75, 3.05) is 12.3 Å². The van der Waals surface area contributed by atoms with Gasteiger partial charge in [0.1, 0.15) is 0 Å². The summed E-state index contributed by atoms with van der Waals surface area (Å²) in [5.41, 5.74) is 7.47. The number of rotatable bonds is 3. The van der Waals surface area contributed by atoms with E-state index in [9.17, 15) is 4.79 Å². The average Bonchev–Trinajstić information content (AvgIpc) is 2.66. The van der Waals surface area contributed by atoms with Crippen molar-refractivity contribution in [1.29, 1.82) is 0 Å². The molecule has 19 heavy (non-hydrogen) atoms. The van der Waals surface area contributed by atoms with E-state index in [1.807, 2.05) is 24.3 Å². The molecule has 0 aromatic heterocycles. The minimum Gasteiger partial charge on any atom is -0.399 e. The van der Waals surface area contributed by atoms with Gasteiger partial charge < -0.3 is 10.6 Å². The molecule has 0 aliphatic carbocycles. The molecule has 2 rings (SSSR count). The van der Waals surface area contributed by atoms with Crippen LogP contribution in [-0.4, -0.2) is 23.4 Å². The Hall–Kier alpha value is -1.51. The molecule has 104 valence electrons. The van der Waals surface area contributed by atoms with E-state index in [0.717, 1.165) is 37.1 Å². The van der Waals surface area contributed by atoms with Crippen molar-refractivity contribution in [3.8, 4) is 0 Å². The standard InChI is InChI=1S/C16H24N2O/c1-2-15-6-4-3-5-11-18(15)16(19)12-13-7-9-14(17)10-8-13/h7-10,15H,2-6,11-12,17H2,1H3. The molecule has 1 aliphatic rings. The SMILES string of the molecule is CCC1CCCCCN1C(=O)Cc1ccc(N)cc1. The first kappa shape index (κ1) is 13.9. The van der Waals surface area contributed by atoms with E-state index in [0.29, 0.717) is 12.5 Å². The highest BCUT2D eigenvalue weighted by Crippen LogP contribution is 2.20. The predicted octanol–water partition coefficient (Wildman–Crippen LogP) is 2.99. The van der Waals surface area contributed by atoms with Gasteiger partial charge in [-0.2, -0.15) is 0 Å². The lowest BCUT2D eigenvalue weighted by Gasteiger charge is -2.29. The Labute approximate surface area is 115 Å². The lowest BCUT2D eigenvalue weighted by Crippen LogP contribution is -2.40. The molecular formula is C16H24N2O. The monoisotopic (exact) mass is 260 g/mol. The summed E-state index contributed by atoms with van der Waals surface area (Å²) in [4.78, 5) is 14.6. The minimum atomic E-state index is 0.263. The number of nitrogen functional groups attached to an aromatic ring is 1. The molecule has 0 radical (unpaired) electrons. The van der Waals surface area contributed by atoms with Crippen LogP contribution in [0.2, 0.25) is 0 Å². The Kier molecular flexibility index (Phi) is 4.83. The summed E-state index contributed by atoms with van der Waals surface area (Å²) in [5.74, 6) is 0.263. The molecule has 0 saturated carbocycles. The van der Waals surface area contributed by atoms with E-state index in [4.69, 9.17) is 5.73 Å².